The molecule has 1 unspecified atom stereocenters. The quantitative estimate of drug-likeness (QED) is 0.547. The van der Waals surface area contributed by atoms with Crippen LogP contribution in [0.1, 0.15) is 61.5 Å². The Morgan fingerprint density at radius 2 is 1.62 bits per heavy atom. The minimum absolute atomic E-state index is 0.0727. The van der Waals surface area contributed by atoms with Crippen LogP contribution in [-0.2, 0) is 4.79 Å². The number of ether oxygens (including phenoxy) is 4. The second-order valence-electron chi connectivity index (χ2n) is 7.93. The lowest BCUT2D eigenvalue weighted by molar-refractivity contribution is -0.123. The number of methoxy groups -OCH3 is 2. The van der Waals surface area contributed by atoms with Crippen molar-refractivity contribution in [3.05, 3.63) is 47.5 Å². The van der Waals surface area contributed by atoms with Gasteiger partial charge in [-0.3, -0.25) is 9.59 Å². The summed E-state index contributed by atoms with van der Waals surface area (Å²) in [6.07, 6.45) is 4.77. The number of ketones is 1. The lowest BCUT2D eigenvalue weighted by Crippen LogP contribution is -2.31. The maximum absolute atomic E-state index is 12.4. The molecule has 1 atom stereocenters. The molecule has 0 spiro atoms. The number of Topliss-reactive ketones (excluding diaryl/α,β-unsaturated/α-hetero) is 1. The van der Waals surface area contributed by atoms with Crippen LogP contribution in [0.4, 0.5) is 0 Å². The van der Waals surface area contributed by atoms with E-state index in [2.05, 4.69) is 5.32 Å². The van der Waals surface area contributed by atoms with Gasteiger partial charge >= 0.3 is 0 Å². The highest BCUT2D eigenvalue weighted by atomic mass is 16.5. The summed E-state index contributed by atoms with van der Waals surface area (Å²) in [7, 11) is 3.10. The first-order valence-electron chi connectivity index (χ1n) is 10.9. The molecular formula is C25H31NO6. The summed E-state index contributed by atoms with van der Waals surface area (Å²) in [5, 5.41) is 2.92. The SMILES string of the molecule is COc1cc(C(C)=O)ccc1OCC(=O)NC(C)c1ccc(OC2CCCC2)c(OC)c1. The van der Waals surface area contributed by atoms with Crippen molar-refractivity contribution >= 4 is 11.7 Å². The molecule has 7 heteroatoms. The highest BCUT2D eigenvalue weighted by molar-refractivity contribution is 5.94. The highest BCUT2D eigenvalue weighted by Gasteiger charge is 2.20. The third-order valence-electron chi connectivity index (χ3n) is 5.59. The summed E-state index contributed by atoms with van der Waals surface area (Å²) in [5.74, 6) is 1.83. The van der Waals surface area contributed by atoms with E-state index >= 15 is 0 Å². The van der Waals surface area contributed by atoms with Crippen LogP contribution in [0.2, 0.25) is 0 Å². The normalized spacial score (nSPS) is 14.5. The fourth-order valence-electron chi connectivity index (χ4n) is 3.75. The molecule has 1 amide bonds. The first-order valence-corrected chi connectivity index (χ1v) is 10.9. The second-order valence-corrected chi connectivity index (χ2v) is 7.93. The molecule has 1 fully saturated rings. The third kappa shape index (κ3) is 5.93. The van der Waals surface area contributed by atoms with Gasteiger partial charge < -0.3 is 24.3 Å². The maximum atomic E-state index is 12.4. The zero-order valence-electron chi connectivity index (χ0n) is 19.1. The van der Waals surface area contributed by atoms with Gasteiger partial charge in [0.1, 0.15) is 0 Å². The van der Waals surface area contributed by atoms with Gasteiger partial charge in [0.15, 0.2) is 35.4 Å². The average molecular weight is 442 g/mol. The molecule has 1 aliphatic rings. The van der Waals surface area contributed by atoms with Gasteiger partial charge in [-0.05, 0) is 75.4 Å². The lowest BCUT2D eigenvalue weighted by Gasteiger charge is -2.19. The number of amides is 1. The van der Waals surface area contributed by atoms with Gasteiger partial charge in [0.2, 0.25) is 0 Å². The third-order valence-corrected chi connectivity index (χ3v) is 5.59. The molecule has 0 heterocycles. The van der Waals surface area contributed by atoms with Crippen LogP contribution >= 0.6 is 0 Å². The smallest absolute Gasteiger partial charge is 0.258 e. The Kier molecular flexibility index (Phi) is 7.98. The van der Waals surface area contributed by atoms with Crippen molar-refractivity contribution in [2.24, 2.45) is 0 Å². The number of rotatable bonds is 10. The Labute approximate surface area is 189 Å². The molecule has 0 saturated heterocycles. The van der Waals surface area contributed by atoms with Crippen molar-refractivity contribution in [2.45, 2.75) is 51.7 Å². The summed E-state index contributed by atoms with van der Waals surface area (Å²) >= 11 is 0. The summed E-state index contributed by atoms with van der Waals surface area (Å²) in [6, 6.07) is 10.3. The molecule has 0 radical (unpaired) electrons. The first kappa shape index (κ1) is 23.4. The Balaban J connectivity index is 1.58. The van der Waals surface area contributed by atoms with Crippen molar-refractivity contribution in [3.63, 3.8) is 0 Å². The van der Waals surface area contributed by atoms with Crippen molar-refractivity contribution in [3.8, 4) is 23.0 Å². The van der Waals surface area contributed by atoms with E-state index in [0.717, 1.165) is 24.2 Å². The molecule has 3 rings (SSSR count). The van der Waals surface area contributed by atoms with E-state index in [9.17, 15) is 9.59 Å². The Morgan fingerprint density at radius 3 is 2.28 bits per heavy atom. The van der Waals surface area contributed by atoms with E-state index in [4.69, 9.17) is 18.9 Å². The summed E-state index contributed by atoms with van der Waals surface area (Å²) in [6.45, 7) is 3.19. The molecule has 1 saturated carbocycles. The number of benzene rings is 2. The Bertz CT molecular complexity index is 951. The highest BCUT2D eigenvalue weighted by Crippen LogP contribution is 2.34. The fourth-order valence-corrected chi connectivity index (χ4v) is 3.75. The molecule has 1 aliphatic carbocycles. The van der Waals surface area contributed by atoms with Gasteiger partial charge in [-0.25, -0.2) is 0 Å². The summed E-state index contributed by atoms with van der Waals surface area (Å²) in [4.78, 5) is 24.0. The van der Waals surface area contributed by atoms with Gasteiger partial charge in [-0.15, -0.1) is 0 Å². The Morgan fingerprint density at radius 1 is 0.969 bits per heavy atom. The standard InChI is InChI=1S/C25H31NO6/c1-16(18-9-12-22(24(13-18)30-4)32-20-7-5-6-8-20)26-25(28)15-31-21-11-10-19(17(2)27)14-23(21)29-3/h9-14,16,20H,5-8,15H2,1-4H3,(H,26,28). The molecule has 7 nitrogen and oxygen atoms in total. The van der Waals surface area contributed by atoms with E-state index in [1.165, 1.54) is 26.9 Å². The van der Waals surface area contributed by atoms with Crippen LogP contribution < -0.4 is 24.3 Å². The van der Waals surface area contributed by atoms with Crippen LogP contribution in [-0.4, -0.2) is 38.6 Å². The van der Waals surface area contributed by atoms with Gasteiger partial charge in [0.05, 0.1) is 26.4 Å². The van der Waals surface area contributed by atoms with Crippen LogP contribution in [0.3, 0.4) is 0 Å². The van der Waals surface area contributed by atoms with Gasteiger partial charge in [-0.2, -0.15) is 0 Å². The van der Waals surface area contributed by atoms with Gasteiger partial charge in [0, 0.05) is 5.56 Å². The number of carbonyl (C=O) groups excluding carboxylic acids is 2. The summed E-state index contributed by atoms with van der Waals surface area (Å²) in [5.41, 5.74) is 1.42. The number of nitrogens with one attached hydrogen (secondary N) is 1. The number of hydrogen-bond acceptors (Lipinski definition) is 6. The lowest BCUT2D eigenvalue weighted by atomic mass is 10.1. The van der Waals surface area contributed by atoms with Crippen molar-refractivity contribution < 1.29 is 28.5 Å². The fraction of sp³-hybridized carbons (Fsp3) is 0.440. The average Bonchev–Trinajstić information content (AvgIpc) is 3.30. The van der Waals surface area contributed by atoms with Crippen molar-refractivity contribution in [1.29, 1.82) is 0 Å². The second kappa shape index (κ2) is 10.9. The predicted octanol–water partition coefficient (Wildman–Crippen LogP) is 4.48. The number of carbonyl (C=O) groups is 2. The van der Waals surface area contributed by atoms with E-state index in [1.807, 2.05) is 25.1 Å². The van der Waals surface area contributed by atoms with E-state index < -0.39 is 0 Å². The van der Waals surface area contributed by atoms with Crippen LogP contribution in [0, 0.1) is 0 Å². The van der Waals surface area contributed by atoms with Gasteiger partial charge in [0.25, 0.3) is 5.91 Å². The Hall–Kier alpha value is -3.22. The molecule has 0 bridgehead atoms. The molecule has 1 N–H and O–H groups in total. The van der Waals surface area contributed by atoms with Crippen LogP contribution in [0.5, 0.6) is 23.0 Å². The van der Waals surface area contributed by atoms with Crippen LogP contribution in [0.15, 0.2) is 36.4 Å². The molecular weight excluding hydrogens is 410 g/mol. The molecule has 0 aromatic heterocycles. The minimum atomic E-state index is -0.277. The summed E-state index contributed by atoms with van der Waals surface area (Å²) < 4.78 is 22.5. The molecule has 32 heavy (non-hydrogen) atoms. The maximum Gasteiger partial charge on any atom is 0.258 e. The minimum Gasteiger partial charge on any atom is -0.493 e. The van der Waals surface area contributed by atoms with Crippen molar-refractivity contribution in [2.75, 3.05) is 20.8 Å². The molecule has 172 valence electrons. The zero-order chi connectivity index (χ0) is 23.1. The largest absolute Gasteiger partial charge is 0.493 e. The predicted molar refractivity (Wildman–Crippen MR) is 121 cm³/mol. The van der Waals surface area contributed by atoms with Crippen molar-refractivity contribution in [1.82, 2.24) is 5.32 Å². The van der Waals surface area contributed by atoms with Crippen LogP contribution in [0.25, 0.3) is 0 Å². The zero-order valence-corrected chi connectivity index (χ0v) is 19.1. The molecule has 2 aromatic carbocycles. The topological polar surface area (TPSA) is 83.1 Å². The van der Waals surface area contributed by atoms with Gasteiger partial charge in [-0.1, -0.05) is 6.07 Å². The van der Waals surface area contributed by atoms with E-state index in [0.29, 0.717) is 22.8 Å². The molecule has 2 aromatic rings. The number of hydrogen-bond donors (Lipinski definition) is 1. The monoisotopic (exact) mass is 441 g/mol. The van der Waals surface area contributed by atoms with E-state index in [-0.39, 0.29) is 30.4 Å². The first-order chi connectivity index (χ1) is 15.4. The molecule has 0 aliphatic heterocycles. The van der Waals surface area contributed by atoms with E-state index in [1.54, 1.807) is 25.3 Å².